The molecule has 1 atom stereocenters. The lowest BCUT2D eigenvalue weighted by atomic mass is 10.1. The largest absolute Gasteiger partial charge is 0.490 e. The van der Waals surface area contributed by atoms with Gasteiger partial charge in [0.2, 0.25) is 0 Å². The maximum absolute atomic E-state index is 13.2. The van der Waals surface area contributed by atoms with Gasteiger partial charge in [-0.25, -0.2) is 9.18 Å². The van der Waals surface area contributed by atoms with Gasteiger partial charge in [0.15, 0.2) is 0 Å². The molecule has 1 heterocycles. The molecule has 0 aliphatic carbocycles. The summed E-state index contributed by atoms with van der Waals surface area (Å²) in [5.41, 5.74) is 0.229. The average Bonchev–Trinajstić information content (AvgIpc) is 3.13. The molecule has 0 amide bonds. The SMILES string of the molecule is COC(=O)C=Cc1cc(F)ccc1OC[C@]1(C)CO1. The Morgan fingerprint density at radius 2 is 2.32 bits per heavy atom. The smallest absolute Gasteiger partial charge is 0.330 e. The van der Waals surface area contributed by atoms with Gasteiger partial charge in [0.25, 0.3) is 0 Å². The van der Waals surface area contributed by atoms with Crippen molar-refractivity contribution < 1.29 is 23.4 Å². The highest BCUT2D eigenvalue weighted by Gasteiger charge is 2.40. The molecule has 0 bridgehead atoms. The minimum atomic E-state index is -0.507. The molecule has 102 valence electrons. The predicted molar refractivity (Wildman–Crippen MR) is 67.3 cm³/mol. The summed E-state index contributed by atoms with van der Waals surface area (Å²) in [5, 5.41) is 0. The van der Waals surface area contributed by atoms with Gasteiger partial charge in [0.05, 0.1) is 13.7 Å². The highest BCUT2D eigenvalue weighted by molar-refractivity contribution is 5.87. The first-order valence-electron chi connectivity index (χ1n) is 5.85. The van der Waals surface area contributed by atoms with E-state index in [2.05, 4.69) is 4.74 Å². The molecule has 1 fully saturated rings. The van der Waals surface area contributed by atoms with Crippen LogP contribution in [0.5, 0.6) is 5.75 Å². The monoisotopic (exact) mass is 266 g/mol. The Balaban J connectivity index is 2.12. The van der Waals surface area contributed by atoms with E-state index in [0.717, 1.165) is 0 Å². The molecule has 1 aliphatic rings. The zero-order valence-electron chi connectivity index (χ0n) is 10.8. The van der Waals surface area contributed by atoms with E-state index in [1.807, 2.05) is 6.92 Å². The van der Waals surface area contributed by atoms with E-state index in [4.69, 9.17) is 9.47 Å². The summed E-state index contributed by atoms with van der Waals surface area (Å²) in [5.74, 6) is -0.406. The van der Waals surface area contributed by atoms with Crippen LogP contribution in [0.15, 0.2) is 24.3 Å². The first kappa shape index (κ1) is 13.5. The van der Waals surface area contributed by atoms with Crippen molar-refractivity contribution in [1.29, 1.82) is 0 Å². The van der Waals surface area contributed by atoms with Crippen molar-refractivity contribution in [2.75, 3.05) is 20.3 Å². The van der Waals surface area contributed by atoms with Gasteiger partial charge in [0.1, 0.15) is 23.8 Å². The van der Waals surface area contributed by atoms with E-state index in [1.54, 1.807) is 0 Å². The van der Waals surface area contributed by atoms with E-state index in [1.165, 1.54) is 37.5 Å². The fourth-order valence-electron chi connectivity index (χ4n) is 1.44. The lowest BCUT2D eigenvalue weighted by Gasteiger charge is -2.11. The van der Waals surface area contributed by atoms with Crippen molar-refractivity contribution in [3.8, 4) is 5.75 Å². The maximum atomic E-state index is 13.2. The summed E-state index contributed by atoms with van der Waals surface area (Å²) < 4.78 is 28.5. The number of carbonyl (C=O) groups excluding carboxylic acids is 1. The van der Waals surface area contributed by atoms with Crippen LogP contribution >= 0.6 is 0 Å². The van der Waals surface area contributed by atoms with Gasteiger partial charge in [-0.2, -0.15) is 0 Å². The quantitative estimate of drug-likeness (QED) is 0.465. The number of epoxide rings is 1. The third-order valence-corrected chi connectivity index (χ3v) is 2.74. The summed E-state index contributed by atoms with van der Waals surface area (Å²) >= 11 is 0. The first-order chi connectivity index (χ1) is 9.02. The van der Waals surface area contributed by atoms with Gasteiger partial charge in [-0.15, -0.1) is 0 Å². The molecule has 0 spiro atoms. The number of ether oxygens (including phenoxy) is 3. The zero-order chi connectivity index (χ0) is 13.9. The second kappa shape index (κ2) is 5.40. The standard InChI is InChI=1S/C14H15FO4/c1-14(9-19-14)8-18-12-5-4-11(15)7-10(12)3-6-13(16)17-2/h3-7H,8-9H2,1-2H3/t14-/m1/s1. The molecule has 2 rings (SSSR count). The molecule has 0 aromatic heterocycles. The molecule has 0 saturated carbocycles. The van der Waals surface area contributed by atoms with Gasteiger partial charge in [-0.05, 0) is 31.2 Å². The molecule has 0 unspecified atom stereocenters. The fourth-order valence-corrected chi connectivity index (χ4v) is 1.44. The van der Waals surface area contributed by atoms with Crippen LogP contribution < -0.4 is 4.74 Å². The fraction of sp³-hybridized carbons (Fsp3) is 0.357. The van der Waals surface area contributed by atoms with E-state index in [0.29, 0.717) is 24.5 Å². The summed E-state index contributed by atoms with van der Waals surface area (Å²) in [7, 11) is 1.28. The molecular formula is C14H15FO4. The summed E-state index contributed by atoms with van der Waals surface area (Å²) in [6.07, 6.45) is 2.68. The Labute approximate surface area is 110 Å². The predicted octanol–water partition coefficient (Wildman–Crippen LogP) is 2.18. The lowest BCUT2D eigenvalue weighted by molar-refractivity contribution is -0.134. The van der Waals surface area contributed by atoms with Gasteiger partial charge in [-0.1, -0.05) is 0 Å². The lowest BCUT2D eigenvalue weighted by Crippen LogP contribution is -2.17. The topological polar surface area (TPSA) is 48.1 Å². The Bertz CT molecular complexity index is 506. The Morgan fingerprint density at radius 3 is 2.95 bits per heavy atom. The van der Waals surface area contributed by atoms with Crippen LogP contribution in [-0.2, 0) is 14.3 Å². The zero-order valence-corrected chi connectivity index (χ0v) is 10.8. The van der Waals surface area contributed by atoms with Crippen LogP contribution in [0.1, 0.15) is 12.5 Å². The minimum absolute atomic E-state index is 0.252. The van der Waals surface area contributed by atoms with Crippen LogP contribution in [0, 0.1) is 5.82 Å². The first-order valence-corrected chi connectivity index (χ1v) is 5.85. The number of hydrogen-bond acceptors (Lipinski definition) is 4. The van der Waals surface area contributed by atoms with Gasteiger partial charge in [0, 0.05) is 11.6 Å². The number of methoxy groups -OCH3 is 1. The average molecular weight is 266 g/mol. The van der Waals surface area contributed by atoms with Gasteiger partial charge in [-0.3, -0.25) is 0 Å². The van der Waals surface area contributed by atoms with Crippen LogP contribution in [0.2, 0.25) is 0 Å². The molecule has 19 heavy (non-hydrogen) atoms. The van der Waals surface area contributed by atoms with Crippen molar-refractivity contribution in [1.82, 2.24) is 0 Å². The number of hydrogen-bond donors (Lipinski definition) is 0. The van der Waals surface area contributed by atoms with Crippen molar-refractivity contribution >= 4 is 12.0 Å². The van der Waals surface area contributed by atoms with E-state index in [9.17, 15) is 9.18 Å². The summed E-state index contributed by atoms with van der Waals surface area (Å²) in [4.78, 5) is 11.0. The molecule has 1 aliphatic heterocycles. The number of rotatable bonds is 5. The van der Waals surface area contributed by atoms with Gasteiger partial charge < -0.3 is 14.2 Å². The molecular weight excluding hydrogens is 251 g/mol. The molecule has 4 nitrogen and oxygen atoms in total. The molecule has 1 aromatic carbocycles. The molecule has 1 aromatic rings. The Kier molecular flexibility index (Phi) is 3.85. The van der Waals surface area contributed by atoms with Crippen LogP contribution in [0.3, 0.4) is 0 Å². The minimum Gasteiger partial charge on any atom is -0.490 e. The summed E-state index contributed by atoms with van der Waals surface area (Å²) in [6, 6.07) is 4.13. The highest BCUT2D eigenvalue weighted by Crippen LogP contribution is 2.28. The van der Waals surface area contributed by atoms with Crippen molar-refractivity contribution in [3.05, 3.63) is 35.7 Å². The molecule has 1 saturated heterocycles. The molecule has 0 radical (unpaired) electrons. The van der Waals surface area contributed by atoms with E-state index < -0.39 is 11.8 Å². The van der Waals surface area contributed by atoms with E-state index >= 15 is 0 Å². The van der Waals surface area contributed by atoms with Crippen molar-refractivity contribution in [2.24, 2.45) is 0 Å². The number of carbonyl (C=O) groups is 1. The highest BCUT2D eigenvalue weighted by atomic mass is 19.1. The number of halogens is 1. The molecule has 5 heteroatoms. The van der Waals surface area contributed by atoms with Crippen molar-refractivity contribution in [3.63, 3.8) is 0 Å². The number of esters is 1. The Morgan fingerprint density at radius 1 is 1.58 bits per heavy atom. The Hall–Kier alpha value is -1.88. The van der Waals surface area contributed by atoms with Gasteiger partial charge >= 0.3 is 5.97 Å². The second-order valence-corrected chi connectivity index (χ2v) is 4.57. The van der Waals surface area contributed by atoms with Crippen LogP contribution in [0.4, 0.5) is 4.39 Å². The summed E-state index contributed by atoms with van der Waals surface area (Å²) in [6.45, 7) is 2.97. The van der Waals surface area contributed by atoms with E-state index in [-0.39, 0.29) is 5.60 Å². The maximum Gasteiger partial charge on any atom is 0.330 e. The molecule has 0 N–H and O–H groups in total. The third kappa shape index (κ3) is 3.79. The normalized spacial score (nSPS) is 21.4. The van der Waals surface area contributed by atoms with Crippen LogP contribution in [-0.4, -0.2) is 31.9 Å². The second-order valence-electron chi connectivity index (χ2n) is 4.57. The van der Waals surface area contributed by atoms with Crippen LogP contribution in [0.25, 0.3) is 6.08 Å². The number of benzene rings is 1. The third-order valence-electron chi connectivity index (χ3n) is 2.74. The van der Waals surface area contributed by atoms with Crippen molar-refractivity contribution in [2.45, 2.75) is 12.5 Å².